The first-order chi connectivity index (χ1) is 9.16. The molecule has 0 aromatic heterocycles. The minimum atomic E-state index is 0.206. The van der Waals surface area contributed by atoms with E-state index >= 15 is 0 Å². The third kappa shape index (κ3) is 4.06. The number of nitrogens with one attached hydrogen (secondary N) is 1. The van der Waals surface area contributed by atoms with E-state index in [1.165, 1.54) is 5.56 Å². The van der Waals surface area contributed by atoms with Gasteiger partial charge in [0.1, 0.15) is 0 Å². The Kier molecular flexibility index (Phi) is 4.97. The monoisotopic (exact) mass is 260 g/mol. The number of likely N-dealkylation sites (N-methyl/N-ethyl adjacent to an activating group) is 1. The molecule has 0 saturated carbocycles. The Balaban J connectivity index is 1.82. The van der Waals surface area contributed by atoms with Crippen LogP contribution < -0.4 is 5.32 Å². The molecular formula is C16H24N2O. The Hall–Kier alpha value is -1.35. The highest BCUT2D eigenvalue weighted by atomic mass is 16.2. The van der Waals surface area contributed by atoms with Crippen molar-refractivity contribution in [2.75, 3.05) is 20.1 Å². The van der Waals surface area contributed by atoms with Crippen LogP contribution in [0.2, 0.25) is 0 Å². The normalized spacial score (nSPS) is 23.1. The van der Waals surface area contributed by atoms with Crippen LogP contribution >= 0.6 is 0 Å². The molecule has 2 atom stereocenters. The number of hydrogen-bond acceptors (Lipinski definition) is 2. The second-order valence-corrected chi connectivity index (χ2v) is 5.57. The fourth-order valence-electron chi connectivity index (χ4n) is 2.72. The standard InChI is InChI=1S/C16H24N2O/c1-13-12-15(8-10-17-13)16(19)18(2)11-9-14-6-4-3-5-7-14/h3-7,13,15,17H,8-12H2,1-2H3/t13-,15-/m0/s1. The summed E-state index contributed by atoms with van der Waals surface area (Å²) in [6, 6.07) is 10.8. The lowest BCUT2D eigenvalue weighted by Gasteiger charge is -2.30. The Morgan fingerprint density at radius 3 is 2.79 bits per heavy atom. The van der Waals surface area contributed by atoms with E-state index in [2.05, 4.69) is 24.4 Å². The molecule has 0 spiro atoms. The smallest absolute Gasteiger partial charge is 0.225 e. The number of benzene rings is 1. The van der Waals surface area contributed by atoms with Crippen molar-refractivity contribution in [2.45, 2.75) is 32.2 Å². The van der Waals surface area contributed by atoms with Gasteiger partial charge in [-0.15, -0.1) is 0 Å². The molecule has 1 saturated heterocycles. The Bertz CT molecular complexity index is 404. The molecule has 1 amide bonds. The molecule has 0 unspecified atom stereocenters. The quantitative estimate of drug-likeness (QED) is 0.899. The predicted molar refractivity (Wildman–Crippen MR) is 78.0 cm³/mol. The Morgan fingerprint density at radius 2 is 2.11 bits per heavy atom. The Labute approximate surface area is 116 Å². The third-order valence-corrected chi connectivity index (χ3v) is 3.93. The maximum Gasteiger partial charge on any atom is 0.225 e. The highest BCUT2D eigenvalue weighted by Gasteiger charge is 2.26. The zero-order chi connectivity index (χ0) is 13.7. The maximum absolute atomic E-state index is 12.4. The summed E-state index contributed by atoms with van der Waals surface area (Å²) in [7, 11) is 1.93. The second kappa shape index (κ2) is 6.71. The summed E-state index contributed by atoms with van der Waals surface area (Å²) in [4.78, 5) is 14.3. The maximum atomic E-state index is 12.4. The zero-order valence-electron chi connectivity index (χ0n) is 11.9. The average Bonchev–Trinajstić information content (AvgIpc) is 2.45. The minimum Gasteiger partial charge on any atom is -0.345 e. The molecule has 3 nitrogen and oxygen atoms in total. The van der Waals surface area contributed by atoms with E-state index in [1.807, 2.05) is 30.1 Å². The van der Waals surface area contributed by atoms with Crippen molar-refractivity contribution >= 4 is 5.91 Å². The molecule has 0 radical (unpaired) electrons. The number of piperidine rings is 1. The van der Waals surface area contributed by atoms with Gasteiger partial charge in [0, 0.05) is 25.6 Å². The molecule has 0 aliphatic carbocycles. The van der Waals surface area contributed by atoms with E-state index in [-0.39, 0.29) is 5.92 Å². The molecule has 2 rings (SSSR count). The first-order valence-corrected chi connectivity index (χ1v) is 7.19. The summed E-state index contributed by atoms with van der Waals surface area (Å²) < 4.78 is 0. The SMILES string of the molecule is C[C@H]1C[C@@H](C(=O)N(C)CCc2ccccc2)CCN1. The van der Waals surface area contributed by atoms with Gasteiger partial charge in [0.2, 0.25) is 5.91 Å². The molecule has 1 fully saturated rings. The van der Waals surface area contributed by atoms with Crippen LogP contribution in [0.25, 0.3) is 0 Å². The molecule has 1 aromatic rings. The summed E-state index contributed by atoms with van der Waals surface area (Å²) in [5.74, 6) is 0.515. The van der Waals surface area contributed by atoms with Gasteiger partial charge in [0.05, 0.1) is 0 Å². The van der Waals surface area contributed by atoms with Crippen LogP contribution in [0, 0.1) is 5.92 Å². The summed E-state index contributed by atoms with van der Waals surface area (Å²) in [6.07, 6.45) is 2.87. The Morgan fingerprint density at radius 1 is 1.37 bits per heavy atom. The first-order valence-electron chi connectivity index (χ1n) is 7.19. The van der Waals surface area contributed by atoms with E-state index < -0.39 is 0 Å². The van der Waals surface area contributed by atoms with Crippen LogP contribution in [0.3, 0.4) is 0 Å². The molecule has 1 aliphatic heterocycles. The minimum absolute atomic E-state index is 0.206. The predicted octanol–water partition coefficient (Wildman–Crippen LogP) is 2.08. The molecule has 1 heterocycles. The number of carbonyl (C=O) groups excluding carboxylic acids is 1. The molecule has 1 aromatic carbocycles. The van der Waals surface area contributed by atoms with Gasteiger partial charge < -0.3 is 10.2 Å². The largest absolute Gasteiger partial charge is 0.345 e. The molecular weight excluding hydrogens is 236 g/mol. The number of rotatable bonds is 4. The first kappa shape index (κ1) is 14.1. The highest BCUT2D eigenvalue weighted by molar-refractivity contribution is 5.78. The van der Waals surface area contributed by atoms with Crippen molar-refractivity contribution in [2.24, 2.45) is 5.92 Å². The van der Waals surface area contributed by atoms with Gasteiger partial charge in [-0.05, 0) is 38.3 Å². The average molecular weight is 260 g/mol. The lowest BCUT2D eigenvalue weighted by Crippen LogP contribution is -2.43. The number of amides is 1. The van der Waals surface area contributed by atoms with Crippen molar-refractivity contribution in [3.05, 3.63) is 35.9 Å². The van der Waals surface area contributed by atoms with Gasteiger partial charge in [-0.2, -0.15) is 0 Å². The summed E-state index contributed by atoms with van der Waals surface area (Å²) >= 11 is 0. The fourth-order valence-corrected chi connectivity index (χ4v) is 2.72. The molecule has 1 aliphatic rings. The van der Waals surface area contributed by atoms with Gasteiger partial charge in [-0.25, -0.2) is 0 Å². The molecule has 0 bridgehead atoms. The van der Waals surface area contributed by atoms with Crippen LogP contribution in [-0.4, -0.2) is 37.0 Å². The van der Waals surface area contributed by atoms with Crippen molar-refractivity contribution in [1.82, 2.24) is 10.2 Å². The number of hydrogen-bond donors (Lipinski definition) is 1. The van der Waals surface area contributed by atoms with Gasteiger partial charge >= 0.3 is 0 Å². The van der Waals surface area contributed by atoms with E-state index in [0.29, 0.717) is 11.9 Å². The van der Waals surface area contributed by atoms with Gasteiger partial charge in [0.15, 0.2) is 0 Å². The van der Waals surface area contributed by atoms with Gasteiger partial charge in [-0.3, -0.25) is 4.79 Å². The van der Waals surface area contributed by atoms with Crippen molar-refractivity contribution in [1.29, 1.82) is 0 Å². The van der Waals surface area contributed by atoms with E-state index in [0.717, 1.165) is 32.4 Å². The van der Waals surface area contributed by atoms with Crippen molar-refractivity contribution < 1.29 is 4.79 Å². The van der Waals surface area contributed by atoms with Crippen molar-refractivity contribution in [3.63, 3.8) is 0 Å². The molecule has 3 heteroatoms. The van der Waals surface area contributed by atoms with Crippen LogP contribution in [0.1, 0.15) is 25.3 Å². The summed E-state index contributed by atoms with van der Waals surface area (Å²) in [6.45, 7) is 3.93. The van der Waals surface area contributed by atoms with Gasteiger partial charge in [0.25, 0.3) is 0 Å². The summed E-state index contributed by atoms with van der Waals surface area (Å²) in [5, 5.41) is 3.39. The van der Waals surface area contributed by atoms with Crippen LogP contribution in [0.4, 0.5) is 0 Å². The van der Waals surface area contributed by atoms with Gasteiger partial charge in [-0.1, -0.05) is 30.3 Å². The molecule has 104 valence electrons. The molecule has 19 heavy (non-hydrogen) atoms. The van der Waals surface area contributed by atoms with Crippen LogP contribution in [0.5, 0.6) is 0 Å². The lowest BCUT2D eigenvalue weighted by molar-refractivity contribution is -0.135. The highest BCUT2D eigenvalue weighted by Crippen LogP contribution is 2.18. The number of nitrogens with zero attached hydrogens (tertiary/aromatic N) is 1. The lowest BCUT2D eigenvalue weighted by atomic mass is 9.92. The third-order valence-electron chi connectivity index (χ3n) is 3.93. The number of carbonyl (C=O) groups is 1. The fraction of sp³-hybridized carbons (Fsp3) is 0.562. The van der Waals surface area contributed by atoms with E-state index in [9.17, 15) is 4.79 Å². The topological polar surface area (TPSA) is 32.3 Å². The van der Waals surface area contributed by atoms with Crippen LogP contribution in [-0.2, 0) is 11.2 Å². The summed E-state index contributed by atoms with van der Waals surface area (Å²) in [5.41, 5.74) is 1.29. The zero-order valence-corrected chi connectivity index (χ0v) is 11.9. The second-order valence-electron chi connectivity index (χ2n) is 5.57. The van der Waals surface area contributed by atoms with E-state index in [1.54, 1.807) is 0 Å². The van der Waals surface area contributed by atoms with Crippen LogP contribution in [0.15, 0.2) is 30.3 Å². The van der Waals surface area contributed by atoms with E-state index in [4.69, 9.17) is 0 Å². The molecule has 1 N–H and O–H groups in total. The van der Waals surface area contributed by atoms with Crippen molar-refractivity contribution in [3.8, 4) is 0 Å².